The van der Waals surface area contributed by atoms with Crippen LogP contribution in [0.2, 0.25) is 0 Å². The van der Waals surface area contributed by atoms with Crippen molar-refractivity contribution in [3.8, 4) is 5.69 Å². The van der Waals surface area contributed by atoms with Crippen LogP contribution in [0.15, 0.2) is 41.5 Å². The van der Waals surface area contributed by atoms with Crippen molar-refractivity contribution >= 4 is 5.96 Å². The molecule has 1 saturated heterocycles. The van der Waals surface area contributed by atoms with Gasteiger partial charge in [0.15, 0.2) is 5.96 Å². The molecule has 0 unspecified atom stereocenters. The van der Waals surface area contributed by atoms with E-state index in [1.807, 2.05) is 36.0 Å². The Hall–Kier alpha value is -2.30. The first kappa shape index (κ1) is 15.6. The summed E-state index contributed by atoms with van der Waals surface area (Å²) >= 11 is 0. The minimum Gasteiger partial charge on any atom is -0.370 e. The van der Waals surface area contributed by atoms with E-state index in [9.17, 15) is 0 Å². The Kier molecular flexibility index (Phi) is 4.65. The maximum absolute atomic E-state index is 6.19. The van der Waals surface area contributed by atoms with E-state index in [-0.39, 0.29) is 0 Å². The molecule has 0 aliphatic carbocycles. The largest absolute Gasteiger partial charge is 0.370 e. The normalized spacial score (nSPS) is 16.8. The SMILES string of the molecule is Cc1ccn(-c2ccccc2CN=C(N)N2CCC(C)CC2)n1. The smallest absolute Gasteiger partial charge is 0.191 e. The average Bonchev–Trinajstić information content (AvgIpc) is 3.00. The minimum atomic E-state index is 0.576. The molecule has 1 aromatic carbocycles. The molecule has 1 aromatic heterocycles. The number of guanidine groups is 1. The van der Waals surface area contributed by atoms with E-state index in [0.717, 1.165) is 36.0 Å². The summed E-state index contributed by atoms with van der Waals surface area (Å²) < 4.78 is 1.90. The number of aliphatic imine (C=N–C) groups is 1. The molecule has 0 saturated carbocycles. The molecule has 0 spiro atoms. The summed E-state index contributed by atoms with van der Waals surface area (Å²) in [5.74, 6) is 1.45. The zero-order chi connectivity index (χ0) is 16.2. The summed E-state index contributed by atoms with van der Waals surface area (Å²) in [5.41, 5.74) is 9.38. The lowest BCUT2D eigenvalue weighted by atomic mass is 10.00. The highest BCUT2D eigenvalue weighted by atomic mass is 15.3. The summed E-state index contributed by atoms with van der Waals surface area (Å²) in [7, 11) is 0. The van der Waals surface area contributed by atoms with Crippen LogP contribution in [0.1, 0.15) is 31.0 Å². The lowest BCUT2D eigenvalue weighted by molar-refractivity contribution is 0.277. The first-order chi connectivity index (χ1) is 11.1. The lowest BCUT2D eigenvalue weighted by Crippen LogP contribution is -2.42. The number of aromatic nitrogens is 2. The van der Waals surface area contributed by atoms with Crippen molar-refractivity contribution in [1.82, 2.24) is 14.7 Å². The van der Waals surface area contributed by atoms with E-state index in [0.29, 0.717) is 12.5 Å². The summed E-state index contributed by atoms with van der Waals surface area (Å²) in [6.07, 6.45) is 4.37. The molecule has 1 fully saturated rings. The Morgan fingerprint density at radius 3 is 2.70 bits per heavy atom. The molecule has 0 atom stereocenters. The van der Waals surface area contributed by atoms with Crippen LogP contribution in [-0.2, 0) is 6.54 Å². The Bertz CT molecular complexity index is 680. The molecule has 5 heteroatoms. The molecule has 3 rings (SSSR count). The van der Waals surface area contributed by atoms with Crippen molar-refractivity contribution in [1.29, 1.82) is 0 Å². The molecular weight excluding hydrogens is 286 g/mol. The molecule has 0 bridgehead atoms. The van der Waals surface area contributed by atoms with Gasteiger partial charge in [-0.15, -0.1) is 0 Å². The Morgan fingerprint density at radius 1 is 1.26 bits per heavy atom. The topological polar surface area (TPSA) is 59.4 Å². The Balaban J connectivity index is 1.74. The second-order valence-corrected chi connectivity index (χ2v) is 6.37. The second-order valence-electron chi connectivity index (χ2n) is 6.37. The van der Waals surface area contributed by atoms with Gasteiger partial charge in [0.25, 0.3) is 0 Å². The van der Waals surface area contributed by atoms with Gasteiger partial charge in [-0.2, -0.15) is 5.10 Å². The van der Waals surface area contributed by atoms with Gasteiger partial charge in [-0.3, -0.25) is 0 Å². The van der Waals surface area contributed by atoms with Crippen LogP contribution < -0.4 is 5.73 Å². The van der Waals surface area contributed by atoms with Gasteiger partial charge in [-0.05, 0) is 43.4 Å². The molecule has 122 valence electrons. The second kappa shape index (κ2) is 6.86. The number of likely N-dealkylation sites (tertiary alicyclic amines) is 1. The summed E-state index contributed by atoms with van der Waals surface area (Å²) in [4.78, 5) is 6.81. The van der Waals surface area contributed by atoms with E-state index in [1.165, 1.54) is 12.8 Å². The molecule has 2 aromatic rings. The highest BCUT2D eigenvalue weighted by molar-refractivity contribution is 5.78. The first-order valence-electron chi connectivity index (χ1n) is 8.29. The number of aryl methyl sites for hydroxylation is 1. The van der Waals surface area contributed by atoms with E-state index in [4.69, 9.17) is 5.73 Å². The highest BCUT2D eigenvalue weighted by Gasteiger charge is 2.17. The van der Waals surface area contributed by atoms with E-state index < -0.39 is 0 Å². The van der Waals surface area contributed by atoms with E-state index in [1.54, 1.807) is 0 Å². The van der Waals surface area contributed by atoms with Crippen LogP contribution in [0.5, 0.6) is 0 Å². The van der Waals surface area contributed by atoms with Crippen LogP contribution in [-0.4, -0.2) is 33.7 Å². The van der Waals surface area contributed by atoms with Crippen molar-refractivity contribution in [3.63, 3.8) is 0 Å². The first-order valence-corrected chi connectivity index (χ1v) is 8.29. The summed E-state index contributed by atoms with van der Waals surface area (Å²) in [5, 5.41) is 4.49. The van der Waals surface area contributed by atoms with Gasteiger partial charge in [0.1, 0.15) is 0 Å². The Labute approximate surface area is 137 Å². The number of nitrogens with two attached hydrogens (primary N) is 1. The zero-order valence-corrected chi connectivity index (χ0v) is 13.9. The van der Waals surface area contributed by atoms with Crippen LogP contribution in [0.3, 0.4) is 0 Å². The van der Waals surface area contributed by atoms with Crippen molar-refractivity contribution in [2.45, 2.75) is 33.2 Å². The molecule has 2 heterocycles. The van der Waals surface area contributed by atoms with Gasteiger partial charge in [-0.1, -0.05) is 25.1 Å². The molecule has 1 aliphatic rings. The molecule has 2 N–H and O–H groups in total. The third kappa shape index (κ3) is 3.73. The van der Waals surface area contributed by atoms with Crippen molar-refractivity contribution in [2.75, 3.05) is 13.1 Å². The third-order valence-electron chi connectivity index (χ3n) is 4.48. The highest BCUT2D eigenvalue weighted by Crippen LogP contribution is 2.17. The number of para-hydroxylation sites is 1. The van der Waals surface area contributed by atoms with Crippen molar-refractivity contribution in [2.24, 2.45) is 16.6 Å². The maximum Gasteiger partial charge on any atom is 0.191 e. The number of piperidine rings is 1. The minimum absolute atomic E-state index is 0.576. The number of rotatable bonds is 3. The fourth-order valence-corrected chi connectivity index (χ4v) is 2.92. The zero-order valence-electron chi connectivity index (χ0n) is 13.9. The quantitative estimate of drug-likeness (QED) is 0.700. The molecule has 23 heavy (non-hydrogen) atoms. The van der Waals surface area contributed by atoms with Gasteiger partial charge in [0.05, 0.1) is 17.9 Å². The lowest BCUT2D eigenvalue weighted by Gasteiger charge is -2.31. The molecule has 0 radical (unpaired) electrons. The summed E-state index contributed by atoms with van der Waals surface area (Å²) in [6.45, 7) is 6.89. The fourth-order valence-electron chi connectivity index (χ4n) is 2.92. The van der Waals surface area contributed by atoms with Crippen molar-refractivity contribution < 1.29 is 0 Å². The van der Waals surface area contributed by atoms with Crippen LogP contribution in [0.25, 0.3) is 5.69 Å². The van der Waals surface area contributed by atoms with Crippen LogP contribution in [0, 0.1) is 12.8 Å². The number of benzene rings is 1. The van der Waals surface area contributed by atoms with Crippen LogP contribution in [0.4, 0.5) is 0 Å². The predicted octanol–water partition coefficient (Wildman–Crippen LogP) is 2.73. The fraction of sp³-hybridized carbons (Fsp3) is 0.444. The number of hydrogen-bond donors (Lipinski definition) is 1. The molecule has 0 amide bonds. The molecule has 1 aliphatic heterocycles. The third-order valence-corrected chi connectivity index (χ3v) is 4.48. The van der Waals surface area contributed by atoms with Crippen LogP contribution >= 0.6 is 0 Å². The van der Waals surface area contributed by atoms with Gasteiger partial charge >= 0.3 is 0 Å². The monoisotopic (exact) mass is 311 g/mol. The van der Waals surface area contributed by atoms with Crippen molar-refractivity contribution in [3.05, 3.63) is 47.8 Å². The van der Waals surface area contributed by atoms with Gasteiger partial charge in [0.2, 0.25) is 0 Å². The van der Waals surface area contributed by atoms with E-state index >= 15 is 0 Å². The van der Waals surface area contributed by atoms with Gasteiger partial charge in [0, 0.05) is 19.3 Å². The average molecular weight is 311 g/mol. The molecular formula is C18H25N5. The predicted molar refractivity (Wildman–Crippen MR) is 93.6 cm³/mol. The summed E-state index contributed by atoms with van der Waals surface area (Å²) in [6, 6.07) is 10.2. The van der Waals surface area contributed by atoms with Gasteiger partial charge in [-0.25, -0.2) is 9.67 Å². The number of nitrogens with zero attached hydrogens (tertiary/aromatic N) is 4. The standard InChI is InChI=1S/C18H25N5/c1-14-7-10-22(11-8-14)18(19)20-13-16-5-3-4-6-17(16)23-12-9-15(2)21-23/h3-6,9,12,14H,7-8,10-11,13H2,1-2H3,(H2,19,20). The van der Waals surface area contributed by atoms with E-state index in [2.05, 4.69) is 34.0 Å². The van der Waals surface area contributed by atoms with Gasteiger partial charge < -0.3 is 10.6 Å². The molecule has 5 nitrogen and oxygen atoms in total. The number of hydrogen-bond acceptors (Lipinski definition) is 2. The Morgan fingerprint density at radius 2 is 2.00 bits per heavy atom. The maximum atomic E-state index is 6.19.